The third-order valence-electron chi connectivity index (χ3n) is 3.25. The number of carbonyl (C=O) groups is 1. The summed E-state index contributed by atoms with van der Waals surface area (Å²) >= 11 is 0. The maximum absolute atomic E-state index is 11.8. The van der Waals surface area contributed by atoms with Crippen molar-refractivity contribution >= 4 is 5.91 Å². The van der Waals surface area contributed by atoms with Gasteiger partial charge in [0.2, 0.25) is 0 Å². The van der Waals surface area contributed by atoms with Crippen LogP contribution in [0.3, 0.4) is 0 Å². The average molecular weight is 249 g/mol. The molecule has 0 aromatic heterocycles. The number of rotatable bonds is 4. The molecular weight excluding hydrogens is 230 g/mol. The van der Waals surface area contributed by atoms with Gasteiger partial charge in [-0.1, -0.05) is 6.07 Å². The highest BCUT2D eigenvalue weighted by Gasteiger charge is 2.15. The van der Waals surface area contributed by atoms with Crippen LogP contribution < -0.4 is 5.32 Å². The van der Waals surface area contributed by atoms with Crippen molar-refractivity contribution in [2.75, 3.05) is 13.2 Å². The minimum absolute atomic E-state index is 0.150. The van der Waals surface area contributed by atoms with E-state index in [0.29, 0.717) is 12.1 Å². The van der Waals surface area contributed by atoms with Gasteiger partial charge in [-0.2, -0.15) is 0 Å². The van der Waals surface area contributed by atoms with E-state index in [-0.39, 0.29) is 17.8 Å². The van der Waals surface area contributed by atoms with Gasteiger partial charge in [0.1, 0.15) is 5.75 Å². The van der Waals surface area contributed by atoms with Gasteiger partial charge in [0.25, 0.3) is 5.91 Å². The van der Waals surface area contributed by atoms with Gasteiger partial charge in [0.05, 0.1) is 6.10 Å². The van der Waals surface area contributed by atoms with Gasteiger partial charge < -0.3 is 15.2 Å². The molecule has 1 aliphatic heterocycles. The molecule has 1 aromatic rings. The normalized spacial score (nSPS) is 18.8. The van der Waals surface area contributed by atoms with Gasteiger partial charge in [0.15, 0.2) is 0 Å². The first kappa shape index (κ1) is 12.9. The first-order chi connectivity index (χ1) is 8.66. The molecule has 1 amide bonds. The topological polar surface area (TPSA) is 58.6 Å². The predicted molar refractivity (Wildman–Crippen MR) is 68.8 cm³/mol. The number of ether oxygens (including phenoxy) is 1. The Kier molecular flexibility index (Phi) is 4.20. The van der Waals surface area contributed by atoms with Gasteiger partial charge in [-0.05, 0) is 43.9 Å². The van der Waals surface area contributed by atoms with Crippen LogP contribution in [0.4, 0.5) is 0 Å². The van der Waals surface area contributed by atoms with E-state index in [1.54, 1.807) is 19.1 Å². The van der Waals surface area contributed by atoms with Crippen molar-refractivity contribution in [3.8, 4) is 5.75 Å². The van der Waals surface area contributed by atoms with Crippen LogP contribution in [-0.2, 0) is 4.74 Å². The fraction of sp³-hybridized carbons (Fsp3) is 0.500. The summed E-state index contributed by atoms with van der Waals surface area (Å²) < 4.78 is 5.48. The molecule has 0 aliphatic carbocycles. The van der Waals surface area contributed by atoms with E-state index in [1.165, 1.54) is 6.07 Å². The molecule has 18 heavy (non-hydrogen) atoms. The summed E-state index contributed by atoms with van der Waals surface area (Å²) in [6, 6.07) is 4.96. The summed E-state index contributed by atoms with van der Waals surface area (Å²) in [6.45, 7) is 3.25. The number of aryl methyl sites for hydroxylation is 1. The Morgan fingerprint density at radius 1 is 1.56 bits per heavy atom. The van der Waals surface area contributed by atoms with E-state index in [0.717, 1.165) is 31.4 Å². The number of hydrogen-bond acceptors (Lipinski definition) is 3. The number of phenolic OH excluding ortho intramolecular Hbond substituents is 1. The molecule has 1 atom stereocenters. The van der Waals surface area contributed by atoms with Crippen molar-refractivity contribution < 1.29 is 14.6 Å². The number of hydrogen-bond donors (Lipinski definition) is 2. The standard InChI is InChI=1S/C14H19NO3/c1-10-4-5-11(9-13(10)16)14(17)15-7-6-12-3-2-8-18-12/h4-5,9,12,16H,2-3,6-8H2,1H3,(H,15,17). The highest BCUT2D eigenvalue weighted by atomic mass is 16.5. The lowest BCUT2D eigenvalue weighted by molar-refractivity contribution is 0.0907. The SMILES string of the molecule is Cc1ccc(C(=O)NCCC2CCCO2)cc1O. The first-order valence-corrected chi connectivity index (χ1v) is 6.36. The fourth-order valence-electron chi connectivity index (χ4n) is 2.07. The van der Waals surface area contributed by atoms with E-state index in [2.05, 4.69) is 5.32 Å². The Morgan fingerprint density at radius 3 is 3.06 bits per heavy atom. The molecule has 1 saturated heterocycles. The number of phenols is 1. The molecule has 2 N–H and O–H groups in total. The molecule has 4 heteroatoms. The summed E-state index contributed by atoms with van der Waals surface area (Å²) in [5, 5.41) is 12.4. The molecule has 1 unspecified atom stereocenters. The molecule has 0 radical (unpaired) electrons. The Balaban J connectivity index is 1.81. The van der Waals surface area contributed by atoms with Crippen LogP contribution in [0.1, 0.15) is 35.2 Å². The van der Waals surface area contributed by atoms with Gasteiger partial charge in [0, 0.05) is 18.7 Å². The van der Waals surface area contributed by atoms with E-state index in [9.17, 15) is 9.90 Å². The van der Waals surface area contributed by atoms with Gasteiger partial charge in [-0.25, -0.2) is 0 Å². The third-order valence-corrected chi connectivity index (χ3v) is 3.25. The number of amides is 1. The second-order valence-electron chi connectivity index (χ2n) is 4.68. The lowest BCUT2D eigenvalue weighted by Crippen LogP contribution is -2.27. The third kappa shape index (κ3) is 3.23. The molecule has 2 rings (SSSR count). The number of nitrogens with one attached hydrogen (secondary N) is 1. The zero-order valence-corrected chi connectivity index (χ0v) is 10.6. The van der Waals surface area contributed by atoms with E-state index < -0.39 is 0 Å². The van der Waals surface area contributed by atoms with Gasteiger partial charge >= 0.3 is 0 Å². The Hall–Kier alpha value is -1.55. The summed E-state index contributed by atoms with van der Waals surface area (Å²) in [5.74, 6) is 0.00470. The molecule has 0 spiro atoms. The molecule has 1 aliphatic rings. The first-order valence-electron chi connectivity index (χ1n) is 6.36. The maximum atomic E-state index is 11.8. The second-order valence-corrected chi connectivity index (χ2v) is 4.68. The smallest absolute Gasteiger partial charge is 0.251 e. The van der Waals surface area contributed by atoms with Crippen molar-refractivity contribution in [3.63, 3.8) is 0 Å². The molecule has 1 aromatic carbocycles. The van der Waals surface area contributed by atoms with Crippen LogP contribution >= 0.6 is 0 Å². The van der Waals surface area contributed by atoms with Crippen molar-refractivity contribution in [1.82, 2.24) is 5.32 Å². The van der Waals surface area contributed by atoms with E-state index >= 15 is 0 Å². The molecule has 4 nitrogen and oxygen atoms in total. The van der Waals surface area contributed by atoms with Crippen molar-refractivity contribution in [2.24, 2.45) is 0 Å². The molecular formula is C14H19NO3. The highest BCUT2D eigenvalue weighted by Crippen LogP contribution is 2.17. The van der Waals surface area contributed by atoms with Crippen LogP contribution in [-0.4, -0.2) is 30.3 Å². The molecule has 0 bridgehead atoms. The van der Waals surface area contributed by atoms with Crippen molar-refractivity contribution in [2.45, 2.75) is 32.3 Å². The summed E-state index contributed by atoms with van der Waals surface area (Å²) in [6.07, 6.45) is 3.34. The predicted octanol–water partition coefficient (Wildman–Crippen LogP) is 2.00. The van der Waals surface area contributed by atoms with Gasteiger partial charge in [-0.3, -0.25) is 4.79 Å². The number of carbonyl (C=O) groups excluding carboxylic acids is 1. The zero-order valence-electron chi connectivity index (χ0n) is 10.6. The minimum Gasteiger partial charge on any atom is -0.508 e. The average Bonchev–Trinajstić information content (AvgIpc) is 2.85. The van der Waals surface area contributed by atoms with Crippen LogP contribution in [0.25, 0.3) is 0 Å². The number of aromatic hydroxyl groups is 1. The number of benzene rings is 1. The molecule has 98 valence electrons. The van der Waals surface area contributed by atoms with Crippen LogP contribution in [0.2, 0.25) is 0 Å². The monoisotopic (exact) mass is 249 g/mol. The van der Waals surface area contributed by atoms with Crippen molar-refractivity contribution in [3.05, 3.63) is 29.3 Å². The summed E-state index contributed by atoms with van der Waals surface area (Å²) in [4.78, 5) is 11.8. The lowest BCUT2D eigenvalue weighted by atomic mass is 10.1. The maximum Gasteiger partial charge on any atom is 0.251 e. The molecule has 0 saturated carbocycles. The van der Waals surface area contributed by atoms with Crippen LogP contribution in [0, 0.1) is 6.92 Å². The zero-order chi connectivity index (χ0) is 13.0. The Morgan fingerprint density at radius 2 is 2.39 bits per heavy atom. The highest BCUT2D eigenvalue weighted by molar-refractivity contribution is 5.94. The Labute approximate surface area is 107 Å². The molecule has 1 fully saturated rings. The van der Waals surface area contributed by atoms with Crippen LogP contribution in [0.15, 0.2) is 18.2 Å². The van der Waals surface area contributed by atoms with E-state index in [4.69, 9.17) is 4.74 Å². The summed E-state index contributed by atoms with van der Waals surface area (Å²) in [5.41, 5.74) is 1.26. The quantitative estimate of drug-likeness (QED) is 0.858. The largest absolute Gasteiger partial charge is 0.508 e. The van der Waals surface area contributed by atoms with Crippen LogP contribution in [0.5, 0.6) is 5.75 Å². The molecule has 1 heterocycles. The second kappa shape index (κ2) is 5.87. The Bertz CT molecular complexity index is 425. The van der Waals surface area contributed by atoms with Gasteiger partial charge in [-0.15, -0.1) is 0 Å². The van der Waals surface area contributed by atoms with E-state index in [1.807, 2.05) is 0 Å². The minimum atomic E-state index is -0.150. The summed E-state index contributed by atoms with van der Waals surface area (Å²) in [7, 11) is 0. The lowest BCUT2D eigenvalue weighted by Gasteiger charge is -2.10. The van der Waals surface area contributed by atoms with Crippen molar-refractivity contribution in [1.29, 1.82) is 0 Å². The fourth-order valence-corrected chi connectivity index (χ4v) is 2.07.